The topological polar surface area (TPSA) is 72.3 Å². The Morgan fingerprint density at radius 3 is 2.86 bits per heavy atom. The molecule has 0 radical (unpaired) electrons. The summed E-state index contributed by atoms with van der Waals surface area (Å²) in [6.07, 6.45) is 6.71. The van der Waals surface area contributed by atoms with E-state index in [9.17, 15) is 0 Å². The molecule has 0 saturated heterocycles. The van der Waals surface area contributed by atoms with E-state index in [0.29, 0.717) is 12.4 Å². The summed E-state index contributed by atoms with van der Waals surface area (Å²) in [6, 6.07) is 12.1. The van der Waals surface area contributed by atoms with Crippen LogP contribution in [-0.2, 0) is 19.4 Å². The molecule has 4 rings (SSSR count). The lowest BCUT2D eigenvalue weighted by atomic mass is 10.1. The van der Waals surface area contributed by atoms with E-state index in [2.05, 4.69) is 66.8 Å². The van der Waals surface area contributed by atoms with Crippen LogP contribution in [0.5, 0.6) is 0 Å². The number of rotatable bonds is 8. The van der Waals surface area contributed by atoms with Crippen LogP contribution in [0.2, 0.25) is 5.02 Å². The number of imidazole rings is 1. The summed E-state index contributed by atoms with van der Waals surface area (Å²) in [6.45, 7) is 2.83. The van der Waals surface area contributed by atoms with Gasteiger partial charge >= 0.3 is 0 Å². The molecule has 29 heavy (non-hydrogen) atoms. The predicted octanol–water partition coefficient (Wildman–Crippen LogP) is 4.90. The molecule has 0 unspecified atom stereocenters. The van der Waals surface area contributed by atoms with E-state index in [-0.39, 0.29) is 0 Å². The highest BCUT2D eigenvalue weighted by Gasteiger charge is 2.14. The smallest absolute Gasteiger partial charge is 0.175 e. The van der Waals surface area contributed by atoms with Gasteiger partial charge in [0.25, 0.3) is 0 Å². The Morgan fingerprint density at radius 1 is 1.24 bits per heavy atom. The van der Waals surface area contributed by atoms with Crippen LogP contribution in [-0.4, -0.2) is 30.2 Å². The molecule has 0 aliphatic rings. The van der Waals surface area contributed by atoms with Gasteiger partial charge in [0.15, 0.2) is 5.82 Å². The molecular weight excluding hydrogens is 404 g/mol. The van der Waals surface area contributed by atoms with Gasteiger partial charge in [0.1, 0.15) is 5.82 Å². The van der Waals surface area contributed by atoms with Gasteiger partial charge in [-0.2, -0.15) is 0 Å². The first-order valence-electron chi connectivity index (χ1n) is 9.49. The van der Waals surface area contributed by atoms with Crippen molar-refractivity contribution in [3.8, 4) is 0 Å². The van der Waals surface area contributed by atoms with E-state index in [4.69, 9.17) is 11.6 Å². The minimum Gasteiger partial charge on any atom is -0.324 e. The highest BCUT2D eigenvalue weighted by atomic mass is 35.5. The third kappa shape index (κ3) is 4.63. The van der Waals surface area contributed by atoms with Crippen LogP contribution >= 0.6 is 22.9 Å². The second-order valence-electron chi connectivity index (χ2n) is 6.70. The normalized spacial score (nSPS) is 11.9. The Hall–Kier alpha value is -2.77. The molecule has 1 aromatic carbocycles. The Bertz CT molecular complexity index is 1080. The Labute approximate surface area is 178 Å². The predicted molar refractivity (Wildman–Crippen MR) is 117 cm³/mol. The maximum Gasteiger partial charge on any atom is 0.175 e. The van der Waals surface area contributed by atoms with Gasteiger partial charge in [-0.15, -0.1) is 16.4 Å². The third-order valence-electron chi connectivity index (χ3n) is 4.65. The summed E-state index contributed by atoms with van der Waals surface area (Å²) in [5.41, 5.74) is 3.09. The van der Waals surface area contributed by atoms with Gasteiger partial charge in [0, 0.05) is 28.3 Å². The first kappa shape index (κ1) is 19.5. The van der Waals surface area contributed by atoms with Gasteiger partial charge in [-0.05, 0) is 46.0 Å². The molecule has 0 fully saturated rings. The first-order valence-corrected chi connectivity index (χ1v) is 10.7. The minimum absolute atomic E-state index is 0.668. The Kier molecular flexibility index (Phi) is 6.17. The van der Waals surface area contributed by atoms with E-state index in [1.165, 1.54) is 4.88 Å². The van der Waals surface area contributed by atoms with E-state index in [1.54, 1.807) is 11.3 Å². The van der Waals surface area contributed by atoms with Crippen LogP contribution < -0.4 is 0 Å². The lowest BCUT2D eigenvalue weighted by molar-refractivity contribution is 0.701. The molecule has 148 valence electrons. The number of benzene rings is 1. The Balaban J connectivity index is 1.75. The molecule has 8 heteroatoms. The molecule has 0 saturated carbocycles. The fraction of sp³-hybridized carbons (Fsp3) is 0.238. The second kappa shape index (κ2) is 9.15. The van der Waals surface area contributed by atoms with Crippen LogP contribution in [0.4, 0.5) is 0 Å². The molecule has 6 nitrogen and oxygen atoms in total. The van der Waals surface area contributed by atoms with Crippen LogP contribution in [0.15, 0.2) is 48.0 Å². The highest BCUT2D eigenvalue weighted by molar-refractivity contribution is 7.10. The number of aromatic amines is 1. The number of hydrogen-bond acceptors (Lipinski definition) is 5. The zero-order valence-electron chi connectivity index (χ0n) is 16.0. The molecule has 0 bridgehead atoms. The molecule has 0 atom stereocenters. The number of nitrogens with zero attached hydrogens (tertiary/aromatic N) is 5. The summed E-state index contributed by atoms with van der Waals surface area (Å²) in [5.74, 6) is 1.71. The van der Waals surface area contributed by atoms with Crippen LogP contribution in [0.3, 0.4) is 0 Å². The number of halogens is 1. The summed E-state index contributed by atoms with van der Waals surface area (Å²) in [7, 11) is 0. The highest BCUT2D eigenvalue weighted by Crippen LogP contribution is 2.24. The summed E-state index contributed by atoms with van der Waals surface area (Å²) in [4.78, 5) is 5.93. The number of aryl methyl sites for hydroxylation is 1. The van der Waals surface area contributed by atoms with E-state index in [0.717, 1.165) is 46.9 Å². The number of aromatic nitrogens is 6. The maximum absolute atomic E-state index is 6.43. The number of tetrazole rings is 1. The van der Waals surface area contributed by atoms with Crippen molar-refractivity contribution in [1.82, 2.24) is 30.2 Å². The van der Waals surface area contributed by atoms with Crippen LogP contribution in [0.1, 0.15) is 41.1 Å². The van der Waals surface area contributed by atoms with E-state index >= 15 is 0 Å². The molecule has 0 amide bonds. The molecule has 0 aliphatic carbocycles. The van der Waals surface area contributed by atoms with Gasteiger partial charge < -0.3 is 4.57 Å². The zero-order chi connectivity index (χ0) is 20.1. The number of H-pyrrole nitrogens is 1. The number of hydrogen-bond donors (Lipinski definition) is 1. The lowest BCUT2D eigenvalue weighted by Gasteiger charge is -2.12. The third-order valence-corrected chi connectivity index (χ3v) is 5.89. The van der Waals surface area contributed by atoms with Crippen molar-refractivity contribution < 1.29 is 0 Å². The molecule has 4 aromatic rings. The van der Waals surface area contributed by atoms with Crippen molar-refractivity contribution in [3.63, 3.8) is 0 Å². The monoisotopic (exact) mass is 424 g/mol. The number of nitrogens with one attached hydrogen (secondary N) is 1. The fourth-order valence-corrected chi connectivity index (χ4v) is 4.15. The number of allylic oxidation sites excluding steroid dienone is 1. The van der Waals surface area contributed by atoms with E-state index in [1.807, 2.05) is 24.4 Å². The quantitative estimate of drug-likeness (QED) is 0.436. The molecule has 1 N–H and O–H groups in total. The van der Waals surface area contributed by atoms with Crippen molar-refractivity contribution in [1.29, 1.82) is 0 Å². The van der Waals surface area contributed by atoms with Crippen molar-refractivity contribution in [2.75, 3.05) is 0 Å². The van der Waals surface area contributed by atoms with Gasteiger partial charge in [-0.1, -0.05) is 42.8 Å². The van der Waals surface area contributed by atoms with Gasteiger partial charge in [-0.25, -0.2) is 10.1 Å². The SMILES string of the molecule is CCCc1ncc(/C=C(\Cc2cccs2)c2nnn[nH]2)n1Cc1ccccc1Cl. The summed E-state index contributed by atoms with van der Waals surface area (Å²) >= 11 is 8.14. The van der Waals surface area contributed by atoms with Crippen LogP contribution in [0, 0.1) is 0 Å². The minimum atomic E-state index is 0.668. The molecular formula is C21H21ClN6S. The Morgan fingerprint density at radius 2 is 2.14 bits per heavy atom. The molecule has 3 aromatic heterocycles. The first-order chi connectivity index (χ1) is 14.2. The fourth-order valence-electron chi connectivity index (χ4n) is 3.22. The number of thiophene rings is 1. The lowest BCUT2D eigenvalue weighted by Crippen LogP contribution is -2.08. The zero-order valence-corrected chi connectivity index (χ0v) is 17.6. The van der Waals surface area contributed by atoms with Crippen molar-refractivity contribution in [2.45, 2.75) is 32.7 Å². The van der Waals surface area contributed by atoms with Gasteiger partial charge in [0.2, 0.25) is 0 Å². The largest absolute Gasteiger partial charge is 0.324 e. The van der Waals surface area contributed by atoms with Crippen LogP contribution in [0.25, 0.3) is 11.6 Å². The molecule has 0 aliphatic heterocycles. The van der Waals surface area contributed by atoms with Gasteiger partial charge in [0.05, 0.1) is 18.4 Å². The van der Waals surface area contributed by atoms with E-state index < -0.39 is 0 Å². The van der Waals surface area contributed by atoms with Gasteiger partial charge in [-0.3, -0.25) is 0 Å². The second-order valence-corrected chi connectivity index (χ2v) is 8.14. The summed E-state index contributed by atoms with van der Waals surface area (Å²) in [5, 5.41) is 17.4. The molecule has 3 heterocycles. The van der Waals surface area contributed by atoms with Crippen molar-refractivity contribution in [2.24, 2.45) is 0 Å². The standard InChI is InChI=1S/C21H21ClN6S/c1-2-6-20-23-13-17(28(20)14-15-7-3-4-9-19(15)22)11-16(21-24-26-27-25-21)12-18-8-5-10-29-18/h3-5,7-11,13H,2,6,12,14H2,1H3,(H,24,25,26,27)/b16-11+. The average Bonchev–Trinajstić information content (AvgIpc) is 3.48. The van der Waals surface area contributed by atoms with Crippen molar-refractivity contribution >= 4 is 34.6 Å². The summed E-state index contributed by atoms with van der Waals surface area (Å²) < 4.78 is 2.23. The molecule has 0 spiro atoms. The maximum atomic E-state index is 6.43. The van der Waals surface area contributed by atoms with Crippen molar-refractivity contribution in [3.05, 3.63) is 80.8 Å². The average molecular weight is 425 g/mol.